The zero-order chi connectivity index (χ0) is 19.6. The van der Waals surface area contributed by atoms with Gasteiger partial charge in [0, 0.05) is 11.3 Å². The lowest BCUT2D eigenvalue weighted by Gasteiger charge is -2.10. The average Bonchev–Trinajstić information content (AvgIpc) is 2.96. The first-order valence-corrected chi connectivity index (χ1v) is 9.63. The van der Waals surface area contributed by atoms with Crippen molar-refractivity contribution in [1.29, 1.82) is 0 Å². The number of anilines is 3. The van der Waals surface area contributed by atoms with Crippen molar-refractivity contribution >= 4 is 33.0 Å². The van der Waals surface area contributed by atoms with E-state index in [2.05, 4.69) is 25.2 Å². The van der Waals surface area contributed by atoms with Crippen molar-refractivity contribution in [3.63, 3.8) is 0 Å². The van der Waals surface area contributed by atoms with Crippen LogP contribution in [0, 0.1) is 13.8 Å². The highest BCUT2D eigenvalue weighted by atomic mass is 32.2. The fourth-order valence-electron chi connectivity index (χ4n) is 2.61. The van der Waals surface area contributed by atoms with Gasteiger partial charge in [-0.2, -0.15) is 5.10 Å². The van der Waals surface area contributed by atoms with Crippen molar-refractivity contribution in [1.82, 2.24) is 15.2 Å². The summed E-state index contributed by atoms with van der Waals surface area (Å²) in [5.41, 5.74) is 2.97. The molecular formula is C18H19N5O3S. The van der Waals surface area contributed by atoms with Crippen molar-refractivity contribution in [2.24, 2.45) is 0 Å². The van der Waals surface area contributed by atoms with Gasteiger partial charge in [0.2, 0.25) is 0 Å². The smallest absolute Gasteiger partial charge is 0.266 e. The first-order chi connectivity index (χ1) is 12.8. The van der Waals surface area contributed by atoms with E-state index in [0.717, 1.165) is 5.69 Å². The van der Waals surface area contributed by atoms with Crippen molar-refractivity contribution in [3.05, 3.63) is 59.5 Å². The maximum Gasteiger partial charge on any atom is 0.266 e. The summed E-state index contributed by atoms with van der Waals surface area (Å²) in [6, 6.07) is 10.3. The fraction of sp³-hybridized carbons (Fsp3) is 0.167. The number of nitrogens with one attached hydrogen (secondary N) is 3. The Morgan fingerprint density at radius 1 is 1.04 bits per heavy atom. The van der Waals surface area contributed by atoms with Crippen molar-refractivity contribution in [2.75, 3.05) is 10.0 Å². The Bertz CT molecular complexity index is 1050. The number of benzene rings is 1. The molecule has 0 bridgehead atoms. The maximum atomic E-state index is 12.5. The minimum Gasteiger partial charge on any atom is -0.354 e. The molecule has 9 heteroatoms. The first kappa shape index (κ1) is 18.6. The highest BCUT2D eigenvalue weighted by Crippen LogP contribution is 2.22. The molecule has 0 spiro atoms. The van der Waals surface area contributed by atoms with Gasteiger partial charge in [-0.1, -0.05) is 0 Å². The van der Waals surface area contributed by atoms with Gasteiger partial charge in [0.1, 0.15) is 10.7 Å². The fourth-order valence-corrected chi connectivity index (χ4v) is 3.99. The van der Waals surface area contributed by atoms with Gasteiger partial charge in [0.25, 0.3) is 10.0 Å². The number of carbonyl (C=O) groups excluding carboxylic acids is 1. The summed E-state index contributed by atoms with van der Waals surface area (Å²) in [5.74, 6) is 0.204. The lowest BCUT2D eigenvalue weighted by Crippen LogP contribution is -2.15. The zero-order valence-corrected chi connectivity index (χ0v) is 15.9. The van der Waals surface area contributed by atoms with Crippen LogP contribution >= 0.6 is 0 Å². The topological polar surface area (TPSA) is 117 Å². The number of Topliss-reactive ketones (excluding diaryl/α,β-unsaturated/α-hetero) is 1. The molecule has 2 heterocycles. The Hall–Kier alpha value is -3.20. The molecule has 8 nitrogen and oxygen atoms in total. The van der Waals surface area contributed by atoms with E-state index >= 15 is 0 Å². The number of rotatable bonds is 6. The summed E-state index contributed by atoms with van der Waals surface area (Å²) < 4.78 is 27.5. The highest BCUT2D eigenvalue weighted by molar-refractivity contribution is 7.92. The Balaban J connectivity index is 1.73. The summed E-state index contributed by atoms with van der Waals surface area (Å²) in [4.78, 5) is 15.6. The van der Waals surface area contributed by atoms with Crippen LogP contribution < -0.4 is 10.0 Å². The number of hydrogen-bond donors (Lipinski definition) is 3. The van der Waals surface area contributed by atoms with Crippen LogP contribution in [-0.4, -0.2) is 29.4 Å². The van der Waals surface area contributed by atoms with Gasteiger partial charge >= 0.3 is 0 Å². The number of ketones is 1. The molecule has 2 aromatic heterocycles. The van der Waals surface area contributed by atoms with E-state index in [1.165, 1.54) is 13.1 Å². The number of H-pyrrole nitrogens is 1. The van der Waals surface area contributed by atoms with E-state index < -0.39 is 10.0 Å². The standard InChI is InChI=1S/C18H19N5O3S/c1-11-18(12(2)22-21-11)27(25,26)23-17-9-8-16(10-19-17)20-15-6-4-14(5-7-15)13(3)24/h4-10,20H,1-3H3,(H,19,23)(H,21,22). The number of nitrogens with zero attached hydrogens (tertiary/aromatic N) is 2. The number of carbonyl (C=O) groups is 1. The van der Waals surface area contributed by atoms with Gasteiger partial charge in [-0.25, -0.2) is 13.4 Å². The molecule has 1 aromatic carbocycles. The second-order valence-electron chi connectivity index (χ2n) is 6.06. The van der Waals surface area contributed by atoms with Crippen LogP contribution in [0.25, 0.3) is 0 Å². The molecule has 3 aromatic rings. The largest absolute Gasteiger partial charge is 0.354 e. The first-order valence-electron chi connectivity index (χ1n) is 8.15. The van der Waals surface area contributed by atoms with Gasteiger partial charge in [-0.05, 0) is 57.2 Å². The molecule has 3 rings (SSSR count). The molecule has 140 valence electrons. The zero-order valence-electron chi connectivity index (χ0n) is 15.1. The highest BCUT2D eigenvalue weighted by Gasteiger charge is 2.22. The molecule has 0 aliphatic rings. The van der Waals surface area contributed by atoms with E-state index in [9.17, 15) is 13.2 Å². The molecule has 27 heavy (non-hydrogen) atoms. The molecule has 0 fully saturated rings. The molecule has 0 atom stereocenters. The molecule has 0 aliphatic carbocycles. The molecule has 3 N–H and O–H groups in total. The molecule has 0 amide bonds. The predicted molar refractivity (Wildman–Crippen MR) is 103 cm³/mol. The van der Waals surface area contributed by atoms with Crippen LogP contribution in [0.1, 0.15) is 28.7 Å². The summed E-state index contributed by atoms with van der Waals surface area (Å²) in [5, 5.41) is 9.70. The van der Waals surface area contributed by atoms with Crippen molar-refractivity contribution < 1.29 is 13.2 Å². The van der Waals surface area contributed by atoms with E-state index in [1.54, 1.807) is 50.2 Å². The summed E-state index contributed by atoms with van der Waals surface area (Å²) in [6.07, 6.45) is 1.52. The number of aromatic amines is 1. The van der Waals surface area contributed by atoms with Crippen molar-refractivity contribution in [2.45, 2.75) is 25.7 Å². The van der Waals surface area contributed by atoms with Gasteiger partial charge in [0.15, 0.2) is 5.78 Å². The van der Waals surface area contributed by atoms with E-state index in [-0.39, 0.29) is 16.5 Å². The van der Waals surface area contributed by atoms with Gasteiger partial charge < -0.3 is 5.32 Å². The maximum absolute atomic E-state index is 12.5. The molecule has 0 unspecified atom stereocenters. The number of sulfonamides is 1. The van der Waals surface area contributed by atoms with Crippen LogP contribution in [0.4, 0.5) is 17.2 Å². The van der Waals surface area contributed by atoms with Crippen LogP contribution in [0.5, 0.6) is 0 Å². The van der Waals surface area contributed by atoms with Crippen LogP contribution in [0.3, 0.4) is 0 Å². The third-order valence-electron chi connectivity index (χ3n) is 3.91. The number of aromatic nitrogens is 3. The Morgan fingerprint density at radius 2 is 1.70 bits per heavy atom. The lowest BCUT2D eigenvalue weighted by molar-refractivity contribution is 0.101. The van der Waals surface area contributed by atoms with Crippen LogP contribution in [-0.2, 0) is 10.0 Å². The molecule has 0 radical (unpaired) electrons. The monoisotopic (exact) mass is 385 g/mol. The summed E-state index contributed by atoms with van der Waals surface area (Å²) in [7, 11) is -3.77. The summed E-state index contributed by atoms with van der Waals surface area (Å²) in [6.45, 7) is 4.78. The SMILES string of the molecule is CC(=O)c1ccc(Nc2ccc(NS(=O)(=O)c3c(C)n[nH]c3C)nc2)cc1. The minimum absolute atomic E-state index is 0.00273. The normalized spacial score (nSPS) is 11.2. The number of aryl methyl sites for hydroxylation is 2. The third kappa shape index (κ3) is 4.14. The molecule has 0 saturated heterocycles. The van der Waals surface area contributed by atoms with Crippen LogP contribution in [0.15, 0.2) is 47.5 Å². The van der Waals surface area contributed by atoms with E-state index in [0.29, 0.717) is 22.6 Å². The Kier molecular flexibility index (Phi) is 4.95. The Labute approximate surface area is 157 Å². The van der Waals surface area contributed by atoms with Crippen LogP contribution in [0.2, 0.25) is 0 Å². The predicted octanol–water partition coefficient (Wildman–Crippen LogP) is 3.17. The molecule has 0 aliphatic heterocycles. The lowest BCUT2D eigenvalue weighted by atomic mass is 10.1. The summed E-state index contributed by atoms with van der Waals surface area (Å²) >= 11 is 0. The van der Waals surface area contributed by atoms with E-state index in [1.807, 2.05) is 0 Å². The number of pyridine rings is 1. The Morgan fingerprint density at radius 3 is 2.22 bits per heavy atom. The third-order valence-corrected chi connectivity index (χ3v) is 5.53. The van der Waals surface area contributed by atoms with Gasteiger partial charge in [-0.15, -0.1) is 0 Å². The molecular weight excluding hydrogens is 366 g/mol. The van der Waals surface area contributed by atoms with Gasteiger partial charge in [-0.3, -0.25) is 14.6 Å². The second kappa shape index (κ2) is 7.20. The minimum atomic E-state index is -3.77. The van der Waals surface area contributed by atoms with Gasteiger partial charge in [0.05, 0.1) is 23.3 Å². The average molecular weight is 385 g/mol. The molecule has 0 saturated carbocycles. The van der Waals surface area contributed by atoms with Crippen molar-refractivity contribution in [3.8, 4) is 0 Å². The number of hydrogen-bond acceptors (Lipinski definition) is 6. The quantitative estimate of drug-likeness (QED) is 0.561. The second-order valence-corrected chi connectivity index (χ2v) is 7.68. The van der Waals surface area contributed by atoms with E-state index in [4.69, 9.17) is 0 Å².